The quantitative estimate of drug-likeness (QED) is 0.765. The summed E-state index contributed by atoms with van der Waals surface area (Å²) in [6.45, 7) is 3.21. The molecule has 0 radical (unpaired) electrons. The Balaban J connectivity index is 2.07. The molecule has 1 aliphatic heterocycles. The molecule has 76 valence electrons. The van der Waals surface area contributed by atoms with E-state index >= 15 is 0 Å². The van der Waals surface area contributed by atoms with Crippen LogP contribution in [-0.2, 0) is 4.74 Å². The first-order valence-electron chi connectivity index (χ1n) is 4.83. The van der Waals surface area contributed by atoms with Gasteiger partial charge in [0, 0.05) is 0 Å². The number of nitrogens with two attached hydrogens (primary N) is 1. The second-order valence-corrected chi connectivity index (χ2v) is 3.62. The lowest BCUT2D eigenvalue weighted by Gasteiger charge is -2.17. The van der Waals surface area contributed by atoms with Crippen molar-refractivity contribution < 1.29 is 9.47 Å². The summed E-state index contributed by atoms with van der Waals surface area (Å²) in [7, 11) is 0. The third kappa shape index (κ3) is 1.89. The van der Waals surface area contributed by atoms with Gasteiger partial charge in [-0.05, 0) is 18.6 Å². The van der Waals surface area contributed by atoms with E-state index in [9.17, 15) is 0 Å². The summed E-state index contributed by atoms with van der Waals surface area (Å²) >= 11 is 0. The lowest BCUT2D eigenvalue weighted by atomic mass is 10.2. The fourth-order valence-electron chi connectivity index (χ4n) is 1.52. The topological polar surface area (TPSA) is 44.5 Å². The Kier molecular flexibility index (Phi) is 2.70. The van der Waals surface area contributed by atoms with Gasteiger partial charge in [0.05, 0.1) is 19.3 Å². The molecular weight excluding hydrogens is 178 g/mol. The average Bonchev–Trinajstić information content (AvgIpc) is 2.56. The van der Waals surface area contributed by atoms with E-state index in [-0.39, 0.29) is 12.1 Å². The Morgan fingerprint density at radius 2 is 2.14 bits per heavy atom. The third-order valence-electron chi connectivity index (χ3n) is 2.44. The van der Waals surface area contributed by atoms with Gasteiger partial charge in [0.1, 0.15) is 11.9 Å². The normalized spacial score (nSPS) is 26.4. The van der Waals surface area contributed by atoms with Crippen LogP contribution in [0.3, 0.4) is 0 Å². The molecule has 2 N–H and O–H groups in total. The van der Waals surface area contributed by atoms with Crippen LogP contribution >= 0.6 is 0 Å². The highest BCUT2D eigenvalue weighted by Crippen LogP contribution is 2.20. The monoisotopic (exact) mass is 193 g/mol. The van der Waals surface area contributed by atoms with Gasteiger partial charge in [-0.3, -0.25) is 0 Å². The molecule has 1 aromatic rings. The van der Waals surface area contributed by atoms with Crippen LogP contribution < -0.4 is 10.5 Å². The van der Waals surface area contributed by atoms with Crippen molar-refractivity contribution in [2.45, 2.75) is 19.1 Å². The molecule has 0 spiro atoms. The van der Waals surface area contributed by atoms with Crippen LogP contribution in [-0.4, -0.2) is 25.4 Å². The standard InChI is InChI=1S/C11H15NO2/c1-8-4-2-3-5-10(8)14-11-7-13-6-9(11)12/h2-5,9,11H,6-7,12H2,1H3/t9-,11+/m0/s1. The van der Waals surface area contributed by atoms with E-state index in [1.54, 1.807) is 0 Å². The maximum Gasteiger partial charge on any atom is 0.139 e. The minimum absolute atomic E-state index is 0.00361. The van der Waals surface area contributed by atoms with Crippen LogP contribution in [0.5, 0.6) is 5.75 Å². The van der Waals surface area contributed by atoms with Gasteiger partial charge >= 0.3 is 0 Å². The molecule has 1 aromatic carbocycles. The van der Waals surface area contributed by atoms with Gasteiger partial charge in [0.25, 0.3) is 0 Å². The Hall–Kier alpha value is -1.06. The summed E-state index contributed by atoms with van der Waals surface area (Å²) in [6.07, 6.45) is -0.00361. The number of benzene rings is 1. The van der Waals surface area contributed by atoms with E-state index in [4.69, 9.17) is 15.2 Å². The van der Waals surface area contributed by atoms with Crippen LogP contribution in [0.15, 0.2) is 24.3 Å². The Labute approximate surface area is 83.8 Å². The largest absolute Gasteiger partial charge is 0.486 e. The molecule has 2 atom stereocenters. The zero-order valence-corrected chi connectivity index (χ0v) is 8.27. The van der Waals surface area contributed by atoms with Crippen molar-refractivity contribution in [3.8, 4) is 5.75 Å². The van der Waals surface area contributed by atoms with E-state index < -0.39 is 0 Å². The molecule has 1 aliphatic rings. The van der Waals surface area contributed by atoms with Crippen LogP contribution in [0, 0.1) is 6.92 Å². The summed E-state index contributed by atoms with van der Waals surface area (Å²) < 4.78 is 11.0. The number of ether oxygens (including phenoxy) is 2. The van der Waals surface area contributed by atoms with Crippen molar-refractivity contribution in [3.63, 3.8) is 0 Å². The first-order valence-corrected chi connectivity index (χ1v) is 4.83. The van der Waals surface area contributed by atoms with E-state index in [0.29, 0.717) is 13.2 Å². The molecule has 0 unspecified atom stereocenters. The van der Waals surface area contributed by atoms with Crippen LogP contribution in [0.1, 0.15) is 5.56 Å². The van der Waals surface area contributed by atoms with Crippen LogP contribution in [0.4, 0.5) is 0 Å². The second kappa shape index (κ2) is 3.98. The second-order valence-electron chi connectivity index (χ2n) is 3.62. The summed E-state index contributed by atoms with van der Waals surface area (Å²) in [6, 6.07) is 7.93. The van der Waals surface area contributed by atoms with E-state index in [1.807, 2.05) is 31.2 Å². The van der Waals surface area contributed by atoms with Crippen molar-refractivity contribution in [1.29, 1.82) is 0 Å². The Morgan fingerprint density at radius 1 is 1.36 bits per heavy atom. The minimum Gasteiger partial charge on any atom is -0.486 e. The molecular formula is C11H15NO2. The van der Waals surface area contributed by atoms with E-state index in [1.165, 1.54) is 0 Å². The third-order valence-corrected chi connectivity index (χ3v) is 2.44. The number of hydrogen-bond acceptors (Lipinski definition) is 3. The van der Waals surface area contributed by atoms with E-state index in [2.05, 4.69) is 0 Å². The van der Waals surface area contributed by atoms with Crippen molar-refractivity contribution in [3.05, 3.63) is 29.8 Å². The molecule has 0 saturated carbocycles. The first-order chi connectivity index (χ1) is 6.77. The lowest BCUT2D eigenvalue weighted by molar-refractivity contribution is 0.140. The van der Waals surface area contributed by atoms with Crippen molar-refractivity contribution >= 4 is 0 Å². The highest BCUT2D eigenvalue weighted by molar-refractivity contribution is 5.32. The number of rotatable bonds is 2. The molecule has 1 fully saturated rings. The summed E-state index contributed by atoms with van der Waals surface area (Å²) in [5, 5.41) is 0. The molecule has 0 amide bonds. The van der Waals surface area contributed by atoms with Crippen molar-refractivity contribution in [1.82, 2.24) is 0 Å². The number of hydrogen-bond donors (Lipinski definition) is 1. The van der Waals surface area contributed by atoms with Crippen molar-refractivity contribution in [2.24, 2.45) is 5.73 Å². The molecule has 3 nitrogen and oxygen atoms in total. The lowest BCUT2D eigenvalue weighted by Crippen LogP contribution is -2.37. The SMILES string of the molecule is Cc1ccccc1O[C@@H]1COC[C@@H]1N. The van der Waals surface area contributed by atoms with Gasteiger partial charge in [0.2, 0.25) is 0 Å². The minimum atomic E-state index is -0.00499. The fourth-order valence-corrected chi connectivity index (χ4v) is 1.52. The highest BCUT2D eigenvalue weighted by atomic mass is 16.5. The predicted octanol–water partition coefficient (Wildman–Crippen LogP) is 1.10. The zero-order valence-electron chi connectivity index (χ0n) is 8.27. The average molecular weight is 193 g/mol. The maximum absolute atomic E-state index is 5.83. The smallest absolute Gasteiger partial charge is 0.139 e. The highest BCUT2D eigenvalue weighted by Gasteiger charge is 2.26. The number of aryl methyl sites for hydroxylation is 1. The molecule has 1 heterocycles. The van der Waals surface area contributed by atoms with Gasteiger partial charge in [-0.2, -0.15) is 0 Å². The molecule has 0 aromatic heterocycles. The molecule has 3 heteroatoms. The Morgan fingerprint density at radius 3 is 2.79 bits per heavy atom. The van der Waals surface area contributed by atoms with Gasteiger partial charge in [0.15, 0.2) is 0 Å². The van der Waals surface area contributed by atoms with Crippen LogP contribution in [0.25, 0.3) is 0 Å². The van der Waals surface area contributed by atoms with Gasteiger partial charge < -0.3 is 15.2 Å². The summed E-state index contributed by atoms with van der Waals surface area (Å²) in [5.74, 6) is 0.901. The molecule has 1 saturated heterocycles. The number of para-hydroxylation sites is 1. The molecule has 14 heavy (non-hydrogen) atoms. The van der Waals surface area contributed by atoms with E-state index in [0.717, 1.165) is 11.3 Å². The fraction of sp³-hybridized carbons (Fsp3) is 0.455. The van der Waals surface area contributed by atoms with Gasteiger partial charge in [-0.25, -0.2) is 0 Å². The summed E-state index contributed by atoms with van der Waals surface area (Å²) in [4.78, 5) is 0. The van der Waals surface area contributed by atoms with Gasteiger partial charge in [-0.15, -0.1) is 0 Å². The molecule has 2 rings (SSSR count). The first kappa shape index (κ1) is 9.49. The Bertz CT molecular complexity index is 314. The summed E-state index contributed by atoms with van der Waals surface area (Å²) in [5.41, 5.74) is 6.96. The molecule has 0 bridgehead atoms. The maximum atomic E-state index is 5.83. The predicted molar refractivity (Wildman–Crippen MR) is 54.4 cm³/mol. The van der Waals surface area contributed by atoms with Crippen molar-refractivity contribution in [2.75, 3.05) is 13.2 Å². The molecule has 0 aliphatic carbocycles. The zero-order chi connectivity index (χ0) is 9.97. The van der Waals surface area contributed by atoms with Gasteiger partial charge in [-0.1, -0.05) is 18.2 Å². The van der Waals surface area contributed by atoms with Crippen LogP contribution in [0.2, 0.25) is 0 Å².